The molecule has 1 saturated heterocycles. The van der Waals surface area contributed by atoms with Crippen LogP contribution in [-0.4, -0.2) is 63.4 Å². The van der Waals surface area contributed by atoms with Crippen molar-refractivity contribution < 1.29 is 9.47 Å². The maximum absolute atomic E-state index is 6.18. The van der Waals surface area contributed by atoms with E-state index in [1.54, 1.807) is 0 Å². The Morgan fingerprint density at radius 1 is 1.32 bits per heavy atom. The fourth-order valence-electron chi connectivity index (χ4n) is 3.05. The topological polar surface area (TPSA) is 58.1 Å². The molecule has 28 heavy (non-hydrogen) atoms. The van der Waals surface area contributed by atoms with E-state index < -0.39 is 0 Å². The zero-order valence-electron chi connectivity index (χ0n) is 18.3. The van der Waals surface area contributed by atoms with Crippen LogP contribution >= 0.6 is 0 Å². The van der Waals surface area contributed by atoms with Gasteiger partial charge in [-0.1, -0.05) is 12.1 Å². The number of hydrogen-bond donors (Lipinski definition) is 2. The second-order valence-electron chi connectivity index (χ2n) is 7.85. The standard InChI is InChI=1S/C22H38N4O2/c1-17(2)26(5)12-7-6-11-24-22(23-4)25-15-19-9-8-18(3)14-21(19)28-20-10-13-27-16-20/h8-9,14,17,20H,6-7,10-13,15-16H2,1-5H3,(H2,23,24,25). The summed E-state index contributed by atoms with van der Waals surface area (Å²) in [5.74, 6) is 1.77. The molecule has 0 bridgehead atoms. The highest BCUT2D eigenvalue weighted by Gasteiger charge is 2.18. The summed E-state index contributed by atoms with van der Waals surface area (Å²) in [4.78, 5) is 6.71. The molecule has 1 fully saturated rings. The Labute approximate surface area is 170 Å². The quantitative estimate of drug-likeness (QED) is 0.365. The largest absolute Gasteiger partial charge is 0.488 e. The lowest BCUT2D eigenvalue weighted by molar-refractivity contribution is 0.140. The van der Waals surface area contributed by atoms with E-state index in [0.29, 0.717) is 19.2 Å². The van der Waals surface area contributed by atoms with E-state index in [1.165, 1.54) is 12.0 Å². The van der Waals surface area contributed by atoms with Gasteiger partial charge in [0.2, 0.25) is 0 Å². The first kappa shape index (κ1) is 22.5. The van der Waals surface area contributed by atoms with Crippen LogP contribution in [0, 0.1) is 6.92 Å². The minimum absolute atomic E-state index is 0.155. The lowest BCUT2D eigenvalue weighted by atomic mass is 10.1. The maximum atomic E-state index is 6.18. The smallest absolute Gasteiger partial charge is 0.191 e. The van der Waals surface area contributed by atoms with Crippen molar-refractivity contribution in [3.8, 4) is 5.75 Å². The minimum Gasteiger partial charge on any atom is -0.488 e. The second-order valence-corrected chi connectivity index (χ2v) is 7.85. The zero-order valence-corrected chi connectivity index (χ0v) is 18.3. The van der Waals surface area contributed by atoms with Gasteiger partial charge >= 0.3 is 0 Å². The number of guanidine groups is 1. The first-order chi connectivity index (χ1) is 13.5. The molecule has 6 nitrogen and oxygen atoms in total. The van der Waals surface area contributed by atoms with Gasteiger partial charge in [0.05, 0.1) is 13.2 Å². The Morgan fingerprint density at radius 3 is 2.82 bits per heavy atom. The van der Waals surface area contributed by atoms with Gasteiger partial charge in [-0.15, -0.1) is 0 Å². The van der Waals surface area contributed by atoms with E-state index in [1.807, 2.05) is 7.05 Å². The third kappa shape index (κ3) is 7.68. The summed E-state index contributed by atoms with van der Waals surface area (Å²) in [7, 11) is 3.99. The molecule has 1 aromatic carbocycles. The van der Waals surface area contributed by atoms with Crippen LogP contribution in [0.2, 0.25) is 0 Å². The number of ether oxygens (including phenoxy) is 2. The molecule has 0 aromatic heterocycles. The Morgan fingerprint density at radius 2 is 2.14 bits per heavy atom. The molecule has 1 unspecified atom stereocenters. The summed E-state index contributed by atoms with van der Waals surface area (Å²) in [6.07, 6.45) is 3.41. The van der Waals surface area contributed by atoms with Gasteiger partial charge in [-0.2, -0.15) is 0 Å². The van der Waals surface area contributed by atoms with E-state index >= 15 is 0 Å². The van der Waals surface area contributed by atoms with Crippen molar-refractivity contribution in [2.24, 2.45) is 4.99 Å². The monoisotopic (exact) mass is 390 g/mol. The van der Waals surface area contributed by atoms with Crippen molar-refractivity contribution in [1.29, 1.82) is 0 Å². The summed E-state index contributed by atoms with van der Waals surface area (Å²) in [6.45, 7) is 10.7. The fraction of sp³-hybridized carbons (Fsp3) is 0.682. The fourth-order valence-corrected chi connectivity index (χ4v) is 3.05. The van der Waals surface area contributed by atoms with Gasteiger partial charge in [0.1, 0.15) is 11.9 Å². The van der Waals surface area contributed by atoms with Crippen molar-refractivity contribution >= 4 is 5.96 Å². The lowest BCUT2D eigenvalue weighted by Gasteiger charge is -2.21. The van der Waals surface area contributed by atoms with Crippen LogP contribution in [0.25, 0.3) is 0 Å². The molecule has 1 aliphatic rings. The van der Waals surface area contributed by atoms with Gasteiger partial charge in [-0.3, -0.25) is 4.99 Å². The SMILES string of the molecule is CN=C(NCCCCN(C)C(C)C)NCc1ccc(C)cc1OC1CCOC1. The third-order valence-electron chi connectivity index (χ3n) is 5.19. The molecule has 1 heterocycles. The van der Waals surface area contributed by atoms with Crippen molar-refractivity contribution in [3.05, 3.63) is 29.3 Å². The van der Waals surface area contributed by atoms with Crippen LogP contribution in [0.3, 0.4) is 0 Å². The molecule has 1 aliphatic heterocycles. The minimum atomic E-state index is 0.155. The molecule has 2 rings (SSSR count). The van der Waals surface area contributed by atoms with Crippen LogP contribution in [0.15, 0.2) is 23.2 Å². The van der Waals surface area contributed by atoms with Gasteiger partial charge in [0.15, 0.2) is 5.96 Å². The second kappa shape index (κ2) is 11.9. The molecular formula is C22H38N4O2. The first-order valence-corrected chi connectivity index (χ1v) is 10.5. The van der Waals surface area contributed by atoms with Crippen LogP contribution in [-0.2, 0) is 11.3 Å². The molecule has 6 heteroatoms. The zero-order chi connectivity index (χ0) is 20.4. The van der Waals surface area contributed by atoms with E-state index in [9.17, 15) is 0 Å². The predicted molar refractivity (Wildman–Crippen MR) is 116 cm³/mol. The summed E-state index contributed by atoms with van der Waals surface area (Å²) < 4.78 is 11.6. The molecule has 0 amide bonds. The Hall–Kier alpha value is -1.79. The highest BCUT2D eigenvalue weighted by atomic mass is 16.5. The highest BCUT2D eigenvalue weighted by Crippen LogP contribution is 2.23. The number of nitrogens with one attached hydrogen (secondary N) is 2. The molecule has 1 aromatic rings. The molecule has 0 radical (unpaired) electrons. The maximum Gasteiger partial charge on any atom is 0.191 e. The number of hydrogen-bond acceptors (Lipinski definition) is 4. The summed E-state index contributed by atoms with van der Waals surface area (Å²) >= 11 is 0. The molecule has 158 valence electrons. The lowest BCUT2D eigenvalue weighted by Crippen LogP contribution is -2.37. The summed E-state index contributed by atoms with van der Waals surface area (Å²) in [5, 5.41) is 6.81. The van der Waals surface area contributed by atoms with E-state index in [0.717, 1.165) is 49.8 Å². The Bertz CT molecular complexity index is 613. The Kier molecular flexibility index (Phi) is 9.58. The normalized spacial score (nSPS) is 17.4. The molecular weight excluding hydrogens is 352 g/mol. The molecule has 2 N–H and O–H groups in total. The number of aryl methyl sites for hydroxylation is 1. The number of nitrogens with zero attached hydrogens (tertiary/aromatic N) is 2. The summed E-state index contributed by atoms with van der Waals surface area (Å²) in [6, 6.07) is 6.96. The van der Waals surface area contributed by atoms with Crippen LogP contribution in [0.1, 0.15) is 44.2 Å². The average Bonchev–Trinajstić information content (AvgIpc) is 3.18. The van der Waals surface area contributed by atoms with Gasteiger partial charge in [-0.05, 0) is 58.8 Å². The van der Waals surface area contributed by atoms with Gasteiger partial charge < -0.3 is 25.0 Å². The number of benzene rings is 1. The Balaban J connectivity index is 1.78. The van der Waals surface area contributed by atoms with Gasteiger partial charge in [-0.25, -0.2) is 0 Å². The van der Waals surface area contributed by atoms with E-state index in [2.05, 4.69) is 66.5 Å². The van der Waals surface area contributed by atoms with Crippen LogP contribution in [0.5, 0.6) is 5.75 Å². The number of aliphatic imine (C=N–C) groups is 1. The number of rotatable bonds is 10. The summed E-state index contributed by atoms with van der Waals surface area (Å²) in [5.41, 5.74) is 2.34. The van der Waals surface area contributed by atoms with Crippen molar-refractivity contribution in [2.45, 2.75) is 58.7 Å². The predicted octanol–water partition coefficient (Wildman–Crippen LogP) is 2.95. The van der Waals surface area contributed by atoms with Crippen LogP contribution < -0.4 is 15.4 Å². The number of unbranched alkanes of at least 4 members (excludes halogenated alkanes) is 1. The van der Waals surface area contributed by atoms with Crippen molar-refractivity contribution in [3.63, 3.8) is 0 Å². The highest BCUT2D eigenvalue weighted by molar-refractivity contribution is 5.79. The van der Waals surface area contributed by atoms with Gasteiger partial charge in [0, 0.05) is 38.2 Å². The van der Waals surface area contributed by atoms with E-state index in [-0.39, 0.29) is 6.10 Å². The van der Waals surface area contributed by atoms with Crippen molar-refractivity contribution in [1.82, 2.24) is 15.5 Å². The third-order valence-corrected chi connectivity index (χ3v) is 5.19. The molecule has 1 atom stereocenters. The average molecular weight is 391 g/mol. The molecule has 0 aliphatic carbocycles. The van der Waals surface area contributed by atoms with Gasteiger partial charge in [0.25, 0.3) is 0 Å². The van der Waals surface area contributed by atoms with Crippen molar-refractivity contribution in [2.75, 3.05) is 40.4 Å². The molecule has 0 saturated carbocycles. The first-order valence-electron chi connectivity index (χ1n) is 10.5. The van der Waals surface area contributed by atoms with Crippen LogP contribution in [0.4, 0.5) is 0 Å². The molecule has 0 spiro atoms. The van der Waals surface area contributed by atoms with E-state index in [4.69, 9.17) is 9.47 Å².